The van der Waals surface area contributed by atoms with Crippen LogP contribution in [0.25, 0.3) is 0 Å². The van der Waals surface area contributed by atoms with Gasteiger partial charge in [0, 0.05) is 36.9 Å². The zero-order valence-electron chi connectivity index (χ0n) is 23.4. The Kier molecular flexibility index (Phi) is 7.31. The summed E-state index contributed by atoms with van der Waals surface area (Å²) in [5.41, 5.74) is 2.68. The van der Waals surface area contributed by atoms with E-state index in [1.807, 2.05) is 46.0 Å². The van der Waals surface area contributed by atoms with Crippen molar-refractivity contribution in [2.45, 2.75) is 71.4 Å². The highest BCUT2D eigenvalue weighted by Gasteiger charge is 2.41. The van der Waals surface area contributed by atoms with Gasteiger partial charge in [-0.3, -0.25) is 9.59 Å². The lowest BCUT2D eigenvalue weighted by Gasteiger charge is -2.34. The third-order valence-electron chi connectivity index (χ3n) is 8.39. The van der Waals surface area contributed by atoms with Crippen LogP contribution in [0.5, 0.6) is 0 Å². The number of hydrogen-bond donors (Lipinski definition) is 2. The van der Waals surface area contributed by atoms with E-state index in [0.29, 0.717) is 24.1 Å². The molecular formula is C29H41N7O2. The number of benzene rings is 1. The topological polar surface area (TPSA) is 93.7 Å². The van der Waals surface area contributed by atoms with Crippen LogP contribution in [0.2, 0.25) is 0 Å². The van der Waals surface area contributed by atoms with Crippen molar-refractivity contribution in [2.24, 2.45) is 5.41 Å². The smallest absolute Gasteiger partial charge is 0.251 e. The second kappa shape index (κ2) is 10.5. The Hall–Kier alpha value is -3.20. The average Bonchev–Trinajstić information content (AvgIpc) is 3.41. The van der Waals surface area contributed by atoms with Crippen LogP contribution in [-0.4, -0.2) is 72.5 Å². The van der Waals surface area contributed by atoms with Crippen LogP contribution in [0.1, 0.15) is 68.3 Å². The Labute approximate surface area is 226 Å². The highest BCUT2D eigenvalue weighted by atomic mass is 16.2. The molecule has 3 aliphatic rings. The van der Waals surface area contributed by atoms with Crippen LogP contribution >= 0.6 is 0 Å². The summed E-state index contributed by atoms with van der Waals surface area (Å²) in [5, 5.41) is 6.55. The van der Waals surface area contributed by atoms with Crippen molar-refractivity contribution >= 4 is 35.0 Å². The maximum Gasteiger partial charge on any atom is 0.251 e. The summed E-state index contributed by atoms with van der Waals surface area (Å²) in [6.07, 6.45) is 8.34. The Morgan fingerprint density at radius 3 is 2.47 bits per heavy atom. The van der Waals surface area contributed by atoms with Gasteiger partial charge in [-0.1, -0.05) is 12.8 Å². The van der Waals surface area contributed by atoms with Crippen molar-refractivity contribution in [3.63, 3.8) is 0 Å². The van der Waals surface area contributed by atoms with Gasteiger partial charge in [0.2, 0.25) is 11.9 Å². The van der Waals surface area contributed by atoms with Crippen molar-refractivity contribution in [1.82, 2.24) is 20.2 Å². The number of carbonyl (C=O) groups is 2. The van der Waals surface area contributed by atoms with Crippen LogP contribution in [0.15, 0.2) is 24.4 Å². The fourth-order valence-electron chi connectivity index (χ4n) is 6.01. The van der Waals surface area contributed by atoms with Gasteiger partial charge >= 0.3 is 0 Å². The van der Waals surface area contributed by atoms with Gasteiger partial charge in [-0.25, -0.2) is 4.98 Å². The third-order valence-corrected chi connectivity index (χ3v) is 8.39. The van der Waals surface area contributed by atoms with E-state index in [2.05, 4.69) is 32.5 Å². The van der Waals surface area contributed by atoms with E-state index in [4.69, 9.17) is 4.98 Å². The van der Waals surface area contributed by atoms with Gasteiger partial charge in [0.15, 0.2) is 5.82 Å². The minimum Gasteiger partial charge on any atom is -0.351 e. The normalized spacial score (nSPS) is 20.8. The van der Waals surface area contributed by atoms with Crippen LogP contribution in [0, 0.1) is 12.3 Å². The minimum absolute atomic E-state index is 0.0296. The van der Waals surface area contributed by atoms with Gasteiger partial charge in [0.1, 0.15) is 5.69 Å². The van der Waals surface area contributed by atoms with Gasteiger partial charge < -0.3 is 25.3 Å². The molecule has 3 heterocycles. The number of aryl methyl sites for hydroxylation is 1. The summed E-state index contributed by atoms with van der Waals surface area (Å²) >= 11 is 0. The summed E-state index contributed by atoms with van der Waals surface area (Å²) in [4.78, 5) is 42.0. The predicted octanol–water partition coefficient (Wildman–Crippen LogP) is 4.10. The molecule has 1 saturated heterocycles. The molecule has 38 heavy (non-hydrogen) atoms. The van der Waals surface area contributed by atoms with E-state index in [0.717, 1.165) is 61.5 Å². The zero-order valence-corrected chi connectivity index (χ0v) is 23.4. The number of amides is 2. The molecule has 204 valence electrons. The first-order valence-corrected chi connectivity index (χ1v) is 13.9. The fraction of sp³-hybridized carbons (Fsp3) is 0.586. The maximum atomic E-state index is 13.2. The van der Waals surface area contributed by atoms with E-state index < -0.39 is 5.41 Å². The standard InChI is InChI=1S/C29H41N7O2/c1-19-16-20(26(37)31-21-12-14-34(4)15-13-21)10-11-23(19)32-28-30-17-24-25(33-28)36(22-8-6-7-9-22)18-29(2,3)27(38)35(24)5/h10-11,16-17,21-22H,6-9,12-15,18H2,1-5H3,(H,31,37)(H,30,32,33). The molecule has 2 N–H and O–H groups in total. The molecule has 9 heteroatoms. The van der Waals surface area contributed by atoms with Crippen LogP contribution in [-0.2, 0) is 4.79 Å². The fourth-order valence-corrected chi connectivity index (χ4v) is 6.01. The van der Waals surface area contributed by atoms with Gasteiger partial charge in [-0.05, 0) is 90.4 Å². The number of likely N-dealkylation sites (tertiary alicyclic amines) is 1. The average molecular weight is 520 g/mol. The number of aromatic nitrogens is 2. The largest absolute Gasteiger partial charge is 0.351 e. The lowest BCUT2D eigenvalue weighted by atomic mass is 9.91. The first-order valence-electron chi connectivity index (χ1n) is 13.9. The molecule has 0 spiro atoms. The minimum atomic E-state index is -0.522. The SMILES string of the molecule is Cc1cc(C(=O)NC2CCN(C)CC2)ccc1Nc1ncc2c(n1)N(C1CCCC1)CC(C)(C)C(=O)N2C. The monoisotopic (exact) mass is 519 g/mol. The molecule has 5 rings (SSSR count). The summed E-state index contributed by atoms with van der Waals surface area (Å²) in [6.45, 7) is 8.66. The van der Waals surface area contributed by atoms with E-state index in [1.165, 1.54) is 12.8 Å². The van der Waals surface area contributed by atoms with Crippen molar-refractivity contribution < 1.29 is 9.59 Å². The molecule has 0 radical (unpaired) electrons. The van der Waals surface area contributed by atoms with Gasteiger partial charge in [-0.15, -0.1) is 0 Å². The molecule has 1 aliphatic carbocycles. The number of nitrogens with one attached hydrogen (secondary N) is 2. The molecule has 1 aromatic carbocycles. The highest BCUT2D eigenvalue weighted by molar-refractivity contribution is 6.01. The van der Waals surface area contributed by atoms with Crippen LogP contribution in [0.3, 0.4) is 0 Å². The van der Waals surface area contributed by atoms with E-state index in [1.54, 1.807) is 11.1 Å². The Balaban J connectivity index is 1.36. The Bertz CT molecular complexity index is 1200. The van der Waals surface area contributed by atoms with Crippen molar-refractivity contribution in [3.05, 3.63) is 35.5 Å². The third kappa shape index (κ3) is 5.34. The van der Waals surface area contributed by atoms with Gasteiger partial charge in [0.25, 0.3) is 5.91 Å². The maximum absolute atomic E-state index is 13.2. The molecule has 1 saturated carbocycles. The van der Waals surface area contributed by atoms with Crippen LogP contribution in [0.4, 0.5) is 23.1 Å². The van der Waals surface area contributed by atoms with E-state index in [9.17, 15) is 9.59 Å². The van der Waals surface area contributed by atoms with Crippen molar-refractivity contribution in [1.29, 1.82) is 0 Å². The first kappa shape index (κ1) is 26.4. The number of carbonyl (C=O) groups excluding carboxylic acids is 2. The lowest BCUT2D eigenvalue weighted by Crippen LogP contribution is -2.45. The lowest BCUT2D eigenvalue weighted by molar-refractivity contribution is -0.125. The van der Waals surface area contributed by atoms with Gasteiger partial charge in [0.05, 0.1) is 11.6 Å². The molecule has 1 aromatic heterocycles. The molecule has 2 aliphatic heterocycles. The number of nitrogens with zero attached hydrogens (tertiary/aromatic N) is 5. The zero-order chi connectivity index (χ0) is 27.0. The summed E-state index contributed by atoms with van der Waals surface area (Å²) in [7, 11) is 3.93. The molecule has 0 atom stereocenters. The number of piperidine rings is 1. The Morgan fingerprint density at radius 2 is 1.79 bits per heavy atom. The van der Waals surface area contributed by atoms with Gasteiger partial charge in [-0.2, -0.15) is 4.98 Å². The summed E-state index contributed by atoms with van der Waals surface area (Å²) in [5.74, 6) is 1.34. The molecule has 2 amide bonds. The first-order chi connectivity index (χ1) is 18.1. The molecule has 2 aromatic rings. The number of anilines is 4. The quantitative estimate of drug-likeness (QED) is 0.614. The summed E-state index contributed by atoms with van der Waals surface area (Å²) in [6, 6.07) is 6.28. The highest BCUT2D eigenvalue weighted by Crippen LogP contribution is 2.40. The molecule has 0 bridgehead atoms. The van der Waals surface area contributed by atoms with E-state index >= 15 is 0 Å². The number of rotatable bonds is 5. The molecule has 9 nitrogen and oxygen atoms in total. The second-order valence-corrected chi connectivity index (χ2v) is 11.9. The second-order valence-electron chi connectivity index (χ2n) is 11.9. The molecule has 2 fully saturated rings. The van der Waals surface area contributed by atoms with E-state index in [-0.39, 0.29) is 17.9 Å². The Morgan fingerprint density at radius 1 is 1.08 bits per heavy atom. The van der Waals surface area contributed by atoms with Crippen molar-refractivity contribution in [3.8, 4) is 0 Å². The number of hydrogen-bond acceptors (Lipinski definition) is 7. The number of fused-ring (bicyclic) bond motifs is 1. The molecular weight excluding hydrogens is 478 g/mol. The van der Waals surface area contributed by atoms with Crippen molar-refractivity contribution in [2.75, 3.05) is 48.8 Å². The summed E-state index contributed by atoms with van der Waals surface area (Å²) < 4.78 is 0. The molecule has 0 unspecified atom stereocenters. The predicted molar refractivity (Wildman–Crippen MR) is 151 cm³/mol. The van der Waals surface area contributed by atoms with Crippen LogP contribution < -0.4 is 20.4 Å².